The molecular formula is C12H11F3N2O2. The summed E-state index contributed by atoms with van der Waals surface area (Å²) < 4.78 is 49.0. The van der Waals surface area contributed by atoms with Crippen LogP contribution in [-0.2, 0) is 6.18 Å². The molecule has 0 aliphatic heterocycles. The molecule has 1 aromatic carbocycles. The molecule has 1 aromatic heterocycles. The Labute approximate surface area is 107 Å². The lowest BCUT2D eigenvalue weighted by molar-refractivity contribution is -0.139. The van der Waals surface area contributed by atoms with Gasteiger partial charge in [0, 0.05) is 5.56 Å². The van der Waals surface area contributed by atoms with E-state index in [1.165, 1.54) is 12.1 Å². The summed E-state index contributed by atoms with van der Waals surface area (Å²) >= 11 is 0. The number of aromatic nitrogens is 2. The lowest BCUT2D eigenvalue weighted by atomic mass is 10.1. The average Bonchev–Trinajstić information content (AvgIpc) is 2.80. The number of hydrogen-bond acceptors (Lipinski definition) is 4. The molecule has 2 rings (SSSR count). The number of halogens is 3. The van der Waals surface area contributed by atoms with Crippen LogP contribution in [0, 0.1) is 0 Å². The van der Waals surface area contributed by atoms with Crippen molar-refractivity contribution in [3.63, 3.8) is 0 Å². The number of ether oxygens (including phenoxy) is 1. The van der Waals surface area contributed by atoms with Crippen molar-refractivity contribution in [2.24, 2.45) is 0 Å². The molecule has 0 N–H and O–H groups in total. The lowest BCUT2D eigenvalue weighted by Crippen LogP contribution is -2.13. The lowest BCUT2D eigenvalue weighted by Gasteiger charge is -2.16. The molecule has 0 unspecified atom stereocenters. The molecule has 102 valence electrons. The molecule has 0 spiro atoms. The summed E-state index contributed by atoms with van der Waals surface area (Å²) in [7, 11) is 0. The van der Waals surface area contributed by atoms with Crippen LogP contribution < -0.4 is 4.74 Å². The van der Waals surface area contributed by atoms with E-state index < -0.39 is 11.7 Å². The van der Waals surface area contributed by atoms with Crippen molar-refractivity contribution in [3.05, 3.63) is 30.2 Å². The Morgan fingerprint density at radius 2 is 2.00 bits per heavy atom. The zero-order chi connectivity index (χ0) is 14.0. The molecule has 0 saturated heterocycles. The Balaban J connectivity index is 2.48. The molecular weight excluding hydrogens is 261 g/mol. The minimum absolute atomic E-state index is 0.0293. The largest absolute Gasteiger partial charge is 0.490 e. The van der Waals surface area contributed by atoms with Gasteiger partial charge in [-0.2, -0.15) is 13.2 Å². The van der Waals surface area contributed by atoms with E-state index in [4.69, 9.17) is 9.15 Å². The molecule has 4 nitrogen and oxygen atoms in total. The van der Waals surface area contributed by atoms with Crippen molar-refractivity contribution in [2.75, 3.05) is 0 Å². The minimum Gasteiger partial charge on any atom is -0.490 e. The van der Waals surface area contributed by atoms with E-state index in [2.05, 4.69) is 10.2 Å². The second-order valence-corrected chi connectivity index (χ2v) is 4.12. The highest BCUT2D eigenvalue weighted by atomic mass is 19.4. The van der Waals surface area contributed by atoms with Crippen LogP contribution >= 0.6 is 0 Å². The summed E-state index contributed by atoms with van der Waals surface area (Å²) in [5.41, 5.74) is -0.669. The fourth-order valence-electron chi connectivity index (χ4n) is 1.54. The van der Waals surface area contributed by atoms with Crippen molar-refractivity contribution in [2.45, 2.75) is 26.1 Å². The van der Waals surface area contributed by atoms with E-state index in [0.717, 1.165) is 12.5 Å². The fourth-order valence-corrected chi connectivity index (χ4v) is 1.54. The van der Waals surface area contributed by atoms with Crippen LogP contribution in [0.1, 0.15) is 19.4 Å². The second-order valence-electron chi connectivity index (χ2n) is 4.12. The topological polar surface area (TPSA) is 48.2 Å². The van der Waals surface area contributed by atoms with E-state index in [1.54, 1.807) is 13.8 Å². The van der Waals surface area contributed by atoms with Crippen molar-refractivity contribution < 1.29 is 22.3 Å². The van der Waals surface area contributed by atoms with Gasteiger partial charge in [-0.3, -0.25) is 0 Å². The van der Waals surface area contributed by atoms with Crippen molar-refractivity contribution >= 4 is 0 Å². The molecule has 0 atom stereocenters. The van der Waals surface area contributed by atoms with Gasteiger partial charge in [0.05, 0.1) is 11.7 Å². The van der Waals surface area contributed by atoms with Crippen LogP contribution in [0.4, 0.5) is 13.2 Å². The first-order valence-electron chi connectivity index (χ1n) is 5.52. The number of alkyl halides is 3. The van der Waals surface area contributed by atoms with E-state index in [0.29, 0.717) is 0 Å². The highest BCUT2D eigenvalue weighted by Crippen LogP contribution is 2.38. The maximum atomic E-state index is 13.0. The molecule has 2 aromatic rings. The molecule has 0 fully saturated rings. The number of benzene rings is 1. The first-order valence-corrected chi connectivity index (χ1v) is 5.52. The third-order valence-electron chi connectivity index (χ3n) is 2.25. The smallest absolute Gasteiger partial charge is 0.419 e. The standard InChI is InChI=1S/C12H11F3N2O2/c1-7(2)19-10-4-3-8(11-17-16-6-18-11)5-9(10)12(13,14)15/h3-7H,1-2H3. The first kappa shape index (κ1) is 13.4. The number of nitrogens with zero attached hydrogens (tertiary/aromatic N) is 2. The summed E-state index contributed by atoms with van der Waals surface area (Å²) in [6.07, 6.45) is -3.81. The summed E-state index contributed by atoms with van der Waals surface area (Å²) in [4.78, 5) is 0. The van der Waals surface area contributed by atoms with Gasteiger partial charge in [0.15, 0.2) is 0 Å². The maximum Gasteiger partial charge on any atom is 0.419 e. The number of rotatable bonds is 3. The molecule has 0 radical (unpaired) electrons. The van der Waals surface area contributed by atoms with Gasteiger partial charge < -0.3 is 9.15 Å². The highest BCUT2D eigenvalue weighted by Gasteiger charge is 2.35. The molecule has 0 saturated carbocycles. The summed E-state index contributed by atoms with van der Waals surface area (Å²) in [6, 6.07) is 3.63. The van der Waals surface area contributed by atoms with Gasteiger partial charge in [0.25, 0.3) is 0 Å². The van der Waals surface area contributed by atoms with E-state index in [9.17, 15) is 13.2 Å². The van der Waals surface area contributed by atoms with Crippen molar-refractivity contribution in [1.29, 1.82) is 0 Å². The van der Waals surface area contributed by atoms with Gasteiger partial charge in [-0.05, 0) is 32.0 Å². The van der Waals surface area contributed by atoms with Crippen LogP contribution in [0.25, 0.3) is 11.5 Å². The Bertz CT molecular complexity index is 551. The van der Waals surface area contributed by atoms with Crippen molar-refractivity contribution in [3.8, 4) is 17.2 Å². The van der Waals surface area contributed by atoms with Crippen LogP contribution in [0.5, 0.6) is 5.75 Å². The molecule has 0 aliphatic carbocycles. The molecule has 7 heteroatoms. The van der Waals surface area contributed by atoms with E-state index >= 15 is 0 Å². The molecule has 0 bridgehead atoms. The summed E-state index contributed by atoms with van der Waals surface area (Å²) in [5, 5.41) is 7.01. The normalized spacial score (nSPS) is 11.9. The molecule has 1 heterocycles. The van der Waals surface area contributed by atoms with Crippen LogP contribution in [0.3, 0.4) is 0 Å². The Morgan fingerprint density at radius 3 is 2.53 bits per heavy atom. The first-order chi connectivity index (χ1) is 8.88. The molecule has 0 amide bonds. The molecule has 19 heavy (non-hydrogen) atoms. The van der Waals surface area contributed by atoms with E-state index in [-0.39, 0.29) is 23.3 Å². The summed E-state index contributed by atoms with van der Waals surface area (Å²) in [5.74, 6) is -0.188. The Hall–Kier alpha value is -2.05. The summed E-state index contributed by atoms with van der Waals surface area (Å²) in [6.45, 7) is 3.32. The second kappa shape index (κ2) is 4.91. The average molecular weight is 272 g/mol. The Morgan fingerprint density at radius 1 is 1.26 bits per heavy atom. The van der Waals surface area contributed by atoms with Crippen LogP contribution in [0.2, 0.25) is 0 Å². The third kappa shape index (κ3) is 3.04. The predicted molar refractivity (Wildman–Crippen MR) is 60.5 cm³/mol. The van der Waals surface area contributed by atoms with Gasteiger partial charge in [0.2, 0.25) is 12.3 Å². The molecule has 0 aliphatic rings. The monoisotopic (exact) mass is 272 g/mol. The fraction of sp³-hybridized carbons (Fsp3) is 0.333. The van der Waals surface area contributed by atoms with Gasteiger partial charge in [-0.25, -0.2) is 0 Å². The zero-order valence-corrected chi connectivity index (χ0v) is 10.2. The van der Waals surface area contributed by atoms with Gasteiger partial charge >= 0.3 is 6.18 Å². The van der Waals surface area contributed by atoms with Gasteiger partial charge in [-0.15, -0.1) is 10.2 Å². The van der Waals surface area contributed by atoms with Crippen LogP contribution in [-0.4, -0.2) is 16.3 Å². The minimum atomic E-state index is -4.51. The highest BCUT2D eigenvalue weighted by molar-refractivity contribution is 5.57. The Kier molecular flexibility index (Phi) is 3.46. The quantitative estimate of drug-likeness (QED) is 0.857. The predicted octanol–water partition coefficient (Wildman–Crippen LogP) is 3.54. The van der Waals surface area contributed by atoms with Gasteiger partial charge in [-0.1, -0.05) is 0 Å². The number of hydrogen-bond donors (Lipinski definition) is 0. The SMILES string of the molecule is CC(C)Oc1ccc(-c2nnco2)cc1C(F)(F)F. The van der Waals surface area contributed by atoms with Crippen LogP contribution in [0.15, 0.2) is 29.0 Å². The maximum absolute atomic E-state index is 13.0. The van der Waals surface area contributed by atoms with Gasteiger partial charge in [0.1, 0.15) is 5.75 Å². The van der Waals surface area contributed by atoms with E-state index in [1.807, 2.05) is 0 Å². The third-order valence-corrected chi connectivity index (χ3v) is 2.25. The van der Waals surface area contributed by atoms with Crippen molar-refractivity contribution in [1.82, 2.24) is 10.2 Å². The zero-order valence-electron chi connectivity index (χ0n) is 10.2.